The molecule has 6 nitrogen and oxygen atoms in total. The van der Waals surface area contributed by atoms with Gasteiger partial charge in [-0.15, -0.1) is 24.0 Å². The largest absolute Gasteiger partial charge is 0.497 e. The molecule has 1 aromatic rings. The third kappa shape index (κ3) is 7.37. The van der Waals surface area contributed by atoms with Crippen LogP contribution < -0.4 is 15.4 Å². The van der Waals surface area contributed by atoms with Gasteiger partial charge in [0.1, 0.15) is 5.75 Å². The van der Waals surface area contributed by atoms with Crippen molar-refractivity contribution in [1.29, 1.82) is 0 Å². The summed E-state index contributed by atoms with van der Waals surface area (Å²) in [5.74, 6) is 2.28. The molecule has 2 N–H and O–H groups in total. The third-order valence-corrected chi connectivity index (χ3v) is 3.74. The molecule has 24 heavy (non-hydrogen) atoms. The molecule has 1 saturated carbocycles. The number of methoxy groups -OCH3 is 1. The van der Waals surface area contributed by atoms with Gasteiger partial charge in [0.15, 0.2) is 5.96 Å². The highest BCUT2D eigenvalue weighted by Crippen LogP contribution is 2.27. The molecule has 134 valence electrons. The molecule has 2 rings (SSSR count). The van der Waals surface area contributed by atoms with E-state index in [0.29, 0.717) is 12.5 Å². The molecule has 1 aliphatic carbocycles. The van der Waals surface area contributed by atoms with Crippen molar-refractivity contribution in [2.24, 2.45) is 10.9 Å². The van der Waals surface area contributed by atoms with E-state index in [0.717, 1.165) is 23.8 Å². The first kappa shape index (κ1) is 20.5. The van der Waals surface area contributed by atoms with Crippen molar-refractivity contribution in [2.75, 3.05) is 34.3 Å². The summed E-state index contributed by atoms with van der Waals surface area (Å²) < 4.78 is 5.15. The van der Waals surface area contributed by atoms with Gasteiger partial charge in [-0.3, -0.25) is 4.79 Å². The maximum Gasteiger partial charge on any atom is 0.241 e. The maximum absolute atomic E-state index is 11.7. The van der Waals surface area contributed by atoms with E-state index in [1.165, 1.54) is 12.8 Å². The van der Waals surface area contributed by atoms with Crippen molar-refractivity contribution in [3.05, 3.63) is 29.8 Å². The van der Waals surface area contributed by atoms with Gasteiger partial charge in [-0.1, -0.05) is 12.1 Å². The minimum atomic E-state index is 0. The molecule has 1 aliphatic rings. The predicted molar refractivity (Wildman–Crippen MR) is 107 cm³/mol. The third-order valence-electron chi connectivity index (χ3n) is 3.74. The van der Waals surface area contributed by atoms with Crippen molar-refractivity contribution in [2.45, 2.75) is 19.4 Å². The maximum atomic E-state index is 11.7. The number of guanidine groups is 1. The van der Waals surface area contributed by atoms with Gasteiger partial charge in [0.2, 0.25) is 5.91 Å². The van der Waals surface area contributed by atoms with E-state index < -0.39 is 0 Å². The summed E-state index contributed by atoms with van der Waals surface area (Å²) in [7, 11) is 5.14. The molecule has 0 aliphatic heterocycles. The fourth-order valence-electron chi connectivity index (χ4n) is 1.96. The fraction of sp³-hybridized carbons (Fsp3) is 0.529. The Morgan fingerprint density at radius 2 is 1.92 bits per heavy atom. The second-order valence-electron chi connectivity index (χ2n) is 5.98. The van der Waals surface area contributed by atoms with Gasteiger partial charge in [-0.05, 0) is 36.5 Å². The minimum absolute atomic E-state index is 0. The van der Waals surface area contributed by atoms with E-state index in [9.17, 15) is 4.79 Å². The fourth-order valence-corrected chi connectivity index (χ4v) is 1.96. The lowest BCUT2D eigenvalue weighted by Crippen LogP contribution is -2.43. The van der Waals surface area contributed by atoms with E-state index in [-0.39, 0.29) is 36.4 Å². The van der Waals surface area contributed by atoms with Gasteiger partial charge in [0, 0.05) is 20.6 Å². The molecule has 0 unspecified atom stereocenters. The van der Waals surface area contributed by atoms with Crippen molar-refractivity contribution < 1.29 is 9.53 Å². The average Bonchev–Trinajstić information content (AvgIpc) is 3.38. The molecular formula is C17H27IN4O2. The number of rotatable bonds is 7. The molecule has 1 amide bonds. The zero-order chi connectivity index (χ0) is 16.7. The van der Waals surface area contributed by atoms with Crippen LogP contribution in [0.15, 0.2) is 29.3 Å². The Morgan fingerprint density at radius 3 is 2.46 bits per heavy atom. The normalized spacial score (nSPS) is 13.7. The van der Waals surface area contributed by atoms with Gasteiger partial charge in [0.25, 0.3) is 0 Å². The van der Waals surface area contributed by atoms with Crippen LogP contribution in [0.2, 0.25) is 0 Å². The first-order chi connectivity index (χ1) is 11.1. The molecule has 0 aromatic heterocycles. The SMILES string of the molecule is COc1ccc(CN=C(NCC(=O)N(C)C)NCC2CC2)cc1.I. The molecule has 0 atom stereocenters. The number of aliphatic imine (C=N–C) groups is 1. The van der Waals surface area contributed by atoms with Crippen LogP contribution >= 0.6 is 24.0 Å². The minimum Gasteiger partial charge on any atom is -0.497 e. The summed E-state index contributed by atoms with van der Waals surface area (Å²) in [5.41, 5.74) is 1.09. The lowest BCUT2D eigenvalue weighted by molar-refractivity contribution is -0.127. The molecule has 1 aromatic carbocycles. The van der Waals surface area contributed by atoms with Crippen LogP contribution in [0.1, 0.15) is 18.4 Å². The van der Waals surface area contributed by atoms with Gasteiger partial charge >= 0.3 is 0 Å². The Morgan fingerprint density at radius 1 is 1.25 bits per heavy atom. The topological polar surface area (TPSA) is 66.0 Å². The van der Waals surface area contributed by atoms with E-state index >= 15 is 0 Å². The predicted octanol–water partition coefficient (Wildman–Crippen LogP) is 1.85. The first-order valence-corrected chi connectivity index (χ1v) is 7.93. The lowest BCUT2D eigenvalue weighted by Gasteiger charge is -2.15. The van der Waals surface area contributed by atoms with Gasteiger partial charge in [-0.25, -0.2) is 4.99 Å². The van der Waals surface area contributed by atoms with Crippen LogP contribution in [-0.4, -0.2) is 51.1 Å². The van der Waals surface area contributed by atoms with Gasteiger partial charge < -0.3 is 20.3 Å². The zero-order valence-electron chi connectivity index (χ0n) is 14.5. The van der Waals surface area contributed by atoms with Crippen molar-refractivity contribution in [3.8, 4) is 5.75 Å². The van der Waals surface area contributed by atoms with E-state index in [2.05, 4.69) is 15.6 Å². The Balaban J connectivity index is 0.00000288. The second-order valence-corrected chi connectivity index (χ2v) is 5.98. The number of carbonyl (C=O) groups excluding carboxylic acids is 1. The monoisotopic (exact) mass is 446 g/mol. The van der Waals surface area contributed by atoms with Crippen LogP contribution in [0.3, 0.4) is 0 Å². The summed E-state index contributed by atoms with van der Waals surface area (Å²) in [5, 5.41) is 6.41. The number of amides is 1. The highest BCUT2D eigenvalue weighted by molar-refractivity contribution is 14.0. The number of halogens is 1. The lowest BCUT2D eigenvalue weighted by atomic mass is 10.2. The van der Waals surface area contributed by atoms with Crippen molar-refractivity contribution in [3.63, 3.8) is 0 Å². The molecule has 0 bridgehead atoms. The Bertz CT molecular complexity index is 542. The average molecular weight is 446 g/mol. The van der Waals surface area contributed by atoms with Crippen LogP contribution in [0.4, 0.5) is 0 Å². The van der Waals surface area contributed by atoms with E-state index in [1.54, 1.807) is 26.1 Å². The molecule has 0 saturated heterocycles. The second kappa shape index (κ2) is 10.4. The number of carbonyl (C=O) groups is 1. The van der Waals surface area contributed by atoms with E-state index in [1.807, 2.05) is 24.3 Å². The Labute approximate surface area is 161 Å². The molecule has 0 heterocycles. The smallest absolute Gasteiger partial charge is 0.241 e. The summed E-state index contributed by atoms with van der Waals surface area (Å²) in [6.07, 6.45) is 2.55. The van der Waals surface area contributed by atoms with Crippen LogP contribution in [-0.2, 0) is 11.3 Å². The first-order valence-electron chi connectivity index (χ1n) is 7.93. The highest BCUT2D eigenvalue weighted by Gasteiger charge is 2.21. The molecular weight excluding hydrogens is 419 g/mol. The highest BCUT2D eigenvalue weighted by atomic mass is 127. The summed E-state index contributed by atoms with van der Waals surface area (Å²) in [4.78, 5) is 17.8. The number of hydrogen-bond donors (Lipinski definition) is 2. The summed E-state index contributed by atoms with van der Waals surface area (Å²) >= 11 is 0. The molecule has 0 radical (unpaired) electrons. The molecule has 1 fully saturated rings. The number of likely N-dealkylation sites (N-methyl/N-ethyl adjacent to an activating group) is 1. The van der Waals surface area contributed by atoms with Gasteiger partial charge in [0.05, 0.1) is 20.2 Å². The number of hydrogen-bond acceptors (Lipinski definition) is 3. The zero-order valence-corrected chi connectivity index (χ0v) is 16.9. The molecule has 7 heteroatoms. The summed E-state index contributed by atoms with van der Waals surface area (Å²) in [6.45, 7) is 1.71. The van der Waals surface area contributed by atoms with Crippen LogP contribution in [0.25, 0.3) is 0 Å². The number of nitrogens with zero attached hydrogens (tertiary/aromatic N) is 2. The van der Waals surface area contributed by atoms with Crippen molar-refractivity contribution >= 4 is 35.8 Å². The van der Waals surface area contributed by atoms with Crippen LogP contribution in [0, 0.1) is 5.92 Å². The number of benzene rings is 1. The molecule has 0 spiro atoms. The summed E-state index contributed by atoms with van der Waals surface area (Å²) in [6, 6.07) is 7.83. The Kier molecular flexibility index (Phi) is 8.88. The van der Waals surface area contributed by atoms with Gasteiger partial charge in [-0.2, -0.15) is 0 Å². The number of nitrogens with one attached hydrogen (secondary N) is 2. The van der Waals surface area contributed by atoms with Crippen molar-refractivity contribution in [1.82, 2.24) is 15.5 Å². The quantitative estimate of drug-likeness (QED) is 0.381. The Hall–Kier alpha value is -1.51. The van der Waals surface area contributed by atoms with Crippen LogP contribution in [0.5, 0.6) is 5.75 Å². The standard InChI is InChI=1S/C17H26N4O2.HI/c1-21(2)16(22)12-20-17(18-10-13-4-5-13)19-11-14-6-8-15(23-3)9-7-14;/h6-9,13H,4-5,10-12H2,1-3H3,(H2,18,19,20);1H. The number of ether oxygens (including phenoxy) is 1. The van der Waals surface area contributed by atoms with E-state index in [4.69, 9.17) is 4.74 Å².